The zero-order valence-electron chi connectivity index (χ0n) is 41.3. The number of hydrogen-bond donors (Lipinski definition) is 1. The lowest BCUT2D eigenvalue weighted by Crippen LogP contribution is -2.39. The van der Waals surface area contributed by atoms with Crippen molar-refractivity contribution in [3.05, 3.63) is 142 Å². The van der Waals surface area contributed by atoms with Gasteiger partial charge in [0.25, 0.3) is 14.2 Å². The Morgan fingerprint density at radius 1 is 0.901 bits per heavy atom. The van der Waals surface area contributed by atoms with Crippen LogP contribution >= 0.6 is 8.53 Å². The highest BCUT2D eigenvalue weighted by Gasteiger charge is 2.45. The molecule has 71 heavy (non-hydrogen) atoms. The largest absolute Gasteiger partial charge is 0.497 e. The van der Waals surface area contributed by atoms with Gasteiger partial charge in [0.1, 0.15) is 29.4 Å². The number of imidazole rings is 1. The molecule has 0 saturated carbocycles. The molecule has 0 spiro atoms. The number of hydrogen-bond acceptors (Lipinski definition) is 15. The fraction of sp³-hybridized carbons (Fsp3) is 0.404. The van der Waals surface area contributed by atoms with Gasteiger partial charge < -0.3 is 32.7 Å². The number of methoxy groups -OCH3 is 2. The number of nitrogens with one attached hydrogen (secondary N) is 1. The number of benzene rings is 4. The Balaban J connectivity index is 1.30. The summed E-state index contributed by atoms with van der Waals surface area (Å²) in [6, 6.07) is 34.1. The summed E-state index contributed by atoms with van der Waals surface area (Å²) in [6.45, 7) is 12.2. The van der Waals surface area contributed by atoms with E-state index in [9.17, 15) is 20.2 Å². The number of nitro benzene ring substituents is 1. The van der Waals surface area contributed by atoms with E-state index in [2.05, 4.69) is 48.7 Å². The van der Waals surface area contributed by atoms with Crippen molar-refractivity contribution in [2.24, 2.45) is 5.92 Å². The van der Waals surface area contributed by atoms with Crippen LogP contribution in [0.1, 0.15) is 82.9 Å². The van der Waals surface area contributed by atoms with E-state index in [0.29, 0.717) is 35.5 Å². The predicted molar refractivity (Wildman–Crippen MR) is 268 cm³/mol. The van der Waals surface area contributed by atoms with Crippen LogP contribution in [0.3, 0.4) is 0 Å². The van der Waals surface area contributed by atoms with E-state index < -0.39 is 37.5 Å². The molecule has 1 fully saturated rings. The van der Waals surface area contributed by atoms with Gasteiger partial charge in [-0.05, 0) is 74.2 Å². The zero-order chi connectivity index (χ0) is 50.7. The Bertz CT molecular complexity index is 2680. The van der Waals surface area contributed by atoms with E-state index in [1.165, 1.54) is 12.1 Å². The molecule has 4 unspecified atom stereocenters. The SMILES string of the molecule is COc1ccc(C(OCC2OC(n3cnc4c(OCCc5ccc([N+](=O)[O-])cc5)nc(NC(=O)C(C)C)nc43)CC2OP(OCCC#N)N(C(C)C)C(C)C)(c2ccccc2)c2ccc(OC)cc2)cc1. The van der Waals surface area contributed by atoms with Gasteiger partial charge in [0.2, 0.25) is 17.7 Å². The number of nitrogens with zero attached hydrogens (tertiary/aromatic N) is 7. The summed E-state index contributed by atoms with van der Waals surface area (Å²) in [5.74, 6) is 0.849. The van der Waals surface area contributed by atoms with Crippen molar-refractivity contribution in [1.29, 1.82) is 5.26 Å². The maximum atomic E-state index is 13.1. The number of anilines is 1. The first-order chi connectivity index (χ1) is 34.3. The Morgan fingerprint density at radius 2 is 1.52 bits per heavy atom. The molecule has 3 heterocycles. The number of carbonyl (C=O) groups is 1. The van der Waals surface area contributed by atoms with Crippen molar-refractivity contribution in [3.8, 4) is 23.4 Å². The number of aromatic nitrogens is 4. The number of nitro groups is 1. The second kappa shape index (κ2) is 24.0. The Kier molecular flexibility index (Phi) is 17.7. The van der Waals surface area contributed by atoms with Crippen molar-refractivity contribution in [3.63, 3.8) is 0 Å². The molecule has 6 aromatic rings. The molecule has 4 atom stereocenters. The van der Waals surface area contributed by atoms with Gasteiger partial charge in [0.15, 0.2) is 11.2 Å². The van der Waals surface area contributed by atoms with Gasteiger partial charge in [0.05, 0.1) is 63.9 Å². The minimum Gasteiger partial charge on any atom is -0.497 e. The minimum atomic E-state index is -1.74. The van der Waals surface area contributed by atoms with Crippen molar-refractivity contribution in [1.82, 2.24) is 24.2 Å². The summed E-state index contributed by atoms with van der Waals surface area (Å²) in [7, 11) is 1.52. The fourth-order valence-corrected chi connectivity index (χ4v) is 10.1. The average Bonchev–Trinajstić information content (AvgIpc) is 3.98. The lowest BCUT2D eigenvalue weighted by molar-refractivity contribution is -0.384. The Labute approximate surface area is 415 Å². The zero-order valence-corrected chi connectivity index (χ0v) is 42.2. The Morgan fingerprint density at radius 3 is 2.08 bits per heavy atom. The van der Waals surface area contributed by atoms with E-state index in [-0.39, 0.29) is 67.7 Å². The van der Waals surface area contributed by atoms with E-state index in [1.54, 1.807) is 51.1 Å². The van der Waals surface area contributed by atoms with Crippen molar-refractivity contribution < 1.29 is 42.4 Å². The lowest BCUT2D eigenvalue weighted by Gasteiger charge is -2.39. The van der Waals surface area contributed by atoms with Gasteiger partial charge >= 0.3 is 0 Å². The first-order valence-electron chi connectivity index (χ1n) is 23.6. The first-order valence-corrected chi connectivity index (χ1v) is 24.7. The van der Waals surface area contributed by atoms with Gasteiger partial charge in [-0.15, -0.1) is 0 Å². The second-order valence-electron chi connectivity index (χ2n) is 17.7. The molecule has 1 aliphatic heterocycles. The number of ether oxygens (including phenoxy) is 5. The number of fused-ring (bicyclic) bond motifs is 1. The first kappa shape index (κ1) is 52.2. The molecule has 0 aliphatic carbocycles. The molecule has 19 heteroatoms. The quantitative estimate of drug-likeness (QED) is 0.0197. The van der Waals surface area contributed by atoms with Crippen LogP contribution in [-0.2, 0) is 35.3 Å². The third kappa shape index (κ3) is 12.3. The van der Waals surface area contributed by atoms with E-state index in [4.69, 9.17) is 42.7 Å². The summed E-state index contributed by atoms with van der Waals surface area (Å²) in [5.41, 5.74) is 2.83. The third-order valence-corrected chi connectivity index (χ3v) is 14.1. The smallest absolute Gasteiger partial charge is 0.269 e. The van der Waals surface area contributed by atoms with E-state index >= 15 is 0 Å². The molecule has 4 aromatic carbocycles. The number of amides is 1. The van der Waals surface area contributed by atoms with Gasteiger partial charge in [-0.1, -0.05) is 80.6 Å². The number of non-ortho nitro benzene ring substituents is 1. The van der Waals surface area contributed by atoms with Gasteiger partial charge in [-0.25, -0.2) is 9.65 Å². The van der Waals surface area contributed by atoms with Crippen LogP contribution in [0.4, 0.5) is 11.6 Å². The van der Waals surface area contributed by atoms with Crippen LogP contribution in [0.5, 0.6) is 17.4 Å². The molecule has 7 rings (SSSR count). The molecule has 1 saturated heterocycles. The van der Waals surface area contributed by atoms with Crippen molar-refractivity contribution in [2.75, 3.05) is 39.4 Å². The third-order valence-electron chi connectivity index (χ3n) is 11.9. The normalized spacial score (nSPS) is 16.4. The summed E-state index contributed by atoms with van der Waals surface area (Å²) < 4.78 is 49.4. The highest BCUT2D eigenvalue weighted by Crippen LogP contribution is 2.51. The fourth-order valence-electron chi connectivity index (χ4n) is 8.39. The van der Waals surface area contributed by atoms with Crippen LogP contribution in [-0.4, -0.2) is 93.4 Å². The maximum Gasteiger partial charge on any atom is 0.269 e. The molecule has 18 nitrogen and oxygen atoms in total. The topological polar surface area (TPSA) is 207 Å². The highest BCUT2D eigenvalue weighted by atomic mass is 31.2. The second-order valence-corrected chi connectivity index (χ2v) is 19.1. The Hall–Kier alpha value is -6.58. The van der Waals surface area contributed by atoms with E-state index in [0.717, 1.165) is 22.3 Å². The van der Waals surface area contributed by atoms with Gasteiger partial charge in [-0.2, -0.15) is 15.2 Å². The van der Waals surface area contributed by atoms with Crippen LogP contribution in [0.25, 0.3) is 11.2 Å². The summed E-state index contributed by atoms with van der Waals surface area (Å²) in [4.78, 5) is 38.0. The van der Waals surface area contributed by atoms with Gasteiger partial charge in [-0.3, -0.25) is 24.8 Å². The summed E-state index contributed by atoms with van der Waals surface area (Å²) in [6.07, 6.45) is 0.399. The van der Waals surface area contributed by atoms with Crippen molar-refractivity contribution >= 4 is 37.2 Å². The van der Waals surface area contributed by atoms with Crippen LogP contribution < -0.4 is 19.5 Å². The average molecular weight is 989 g/mol. The highest BCUT2D eigenvalue weighted by molar-refractivity contribution is 7.44. The molecule has 1 aliphatic rings. The molecule has 1 amide bonds. The predicted octanol–water partition coefficient (Wildman–Crippen LogP) is 9.93. The molecule has 0 bridgehead atoms. The number of rotatable bonds is 24. The number of carbonyl (C=O) groups excluding carboxylic acids is 1. The van der Waals surface area contributed by atoms with Crippen LogP contribution in [0.15, 0.2) is 109 Å². The standard InChI is InChI=1S/C52H61N8O10P/c1-34(2)49(61)56-51-55-48-47(50(57-51)66-30-27-37-15-21-41(22-16-37)60(62)63)54-33-58(48)46-31-44(70-71(68-29-12-28-53)59(35(3)4)36(5)6)45(69-46)32-67-52(38-13-10-9-11-14-38,39-17-23-42(64-7)24-18-39)40-19-25-43(65-8)26-20-40/h9-11,13-26,33-36,44-46H,12,27,29-32H2,1-8H3,(H,55,56,57,61). The van der Waals surface area contributed by atoms with E-state index in [1.807, 2.05) is 78.9 Å². The molecule has 374 valence electrons. The molecule has 1 N–H and O–H groups in total. The molecule has 0 radical (unpaired) electrons. The molecular weight excluding hydrogens is 928 g/mol. The molecule has 2 aromatic heterocycles. The minimum absolute atomic E-state index is 0.0101. The lowest BCUT2D eigenvalue weighted by atomic mass is 9.80. The van der Waals surface area contributed by atoms with Crippen LogP contribution in [0.2, 0.25) is 0 Å². The summed E-state index contributed by atoms with van der Waals surface area (Å²) >= 11 is 0. The number of nitriles is 1. The molecular formula is C52H61N8O10P. The maximum absolute atomic E-state index is 13.1. The van der Waals surface area contributed by atoms with Crippen LogP contribution in [0, 0.1) is 27.4 Å². The van der Waals surface area contributed by atoms with Crippen molar-refractivity contribution in [2.45, 2.75) is 96.9 Å². The summed E-state index contributed by atoms with van der Waals surface area (Å²) in [5, 5.41) is 23.6. The van der Waals surface area contributed by atoms with Gasteiger partial charge in [0, 0.05) is 43.0 Å². The monoisotopic (exact) mass is 988 g/mol.